The summed E-state index contributed by atoms with van der Waals surface area (Å²) in [6.07, 6.45) is 2.22. The minimum Gasteiger partial charge on any atom is -0.410 e. The predicted octanol–water partition coefficient (Wildman–Crippen LogP) is 5.31. The summed E-state index contributed by atoms with van der Waals surface area (Å²) in [6.45, 7) is 7.13. The first-order valence-electron chi connectivity index (χ1n) is 11.6. The molecule has 4 aromatic rings. The van der Waals surface area contributed by atoms with Gasteiger partial charge in [-0.1, -0.05) is 11.2 Å². The van der Waals surface area contributed by atoms with Crippen LogP contribution in [0.4, 0.5) is 4.79 Å². The van der Waals surface area contributed by atoms with Gasteiger partial charge in [0.2, 0.25) is 0 Å². The molecule has 2 aromatic heterocycles. The highest BCUT2D eigenvalue weighted by atomic mass is 16.6. The Balaban J connectivity index is 1.43. The van der Waals surface area contributed by atoms with Crippen LogP contribution in [0.2, 0.25) is 0 Å². The smallest absolute Gasteiger partial charge is 0.410 e. The number of rotatable bonds is 4. The standard InChI is InChI=1S/C26H27N3O4/c1-16-25(17(2)33-27-16)19-5-8-23-22(13-19)21-7-6-20(14-24(21)29(23)15-18-3-4-18)32-26(30)28-9-11-31-12-10-28/h5-8,13-14,18H,3-4,9-12,15H2,1-2H3. The number of hydrogen-bond donors (Lipinski definition) is 0. The summed E-state index contributed by atoms with van der Waals surface area (Å²) in [5.74, 6) is 2.11. The van der Waals surface area contributed by atoms with E-state index >= 15 is 0 Å². The first-order valence-corrected chi connectivity index (χ1v) is 11.6. The molecule has 2 aliphatic rings. The Labute approximate surface area is 191 Å². The van der Waals surface area contributed by atoms with Crippen molar-refractivity contribution in [2.45, 2.75) is 33.2 Å². The minimum absolute atomic E-state index is 0.316. The molecule has 33 heavy (non-hydrogen) atoms. The molecule has 0 bridgehead atoms. The molecule has 1 aliphatic heterocycles. The number of benzene rings is 2. The van der Waals surface area contributed by atoms with Crippen LogP contribution in [0.15, 0.2) is 40.9 Å². The summed E-state index contributed by atoms with van der Waals surface area (Å²) in [5.41, 5.74) is 5.35. The molecule has 0 unspecified atom stereocenters. The van der Waals surface area contributed by atoms with Crippen LogP contribution in [0.3, 0.4) is 0 Å². The van der Waals surface area contributed by atoms with Gasteiger partial charge in [0, 0.05) is 47.6 Å². The maximum Gasteiger partial charge on any atom is 0.415 e. The van der Waals surface area contributed by atoms with Crippen LogP contribution < -0.4 is 4.74 Å². The molecule has 0 N–H and O–H groups in total. The Bertz CT molecular complexity index is 1340. The summed E-state index contributed by atoms with van der Waals surface area (Å²) in [7, 11) is 0. The van der Waals surface area contributed by atoms with Crippen molar-refractivity contribution in [2.24, 2.45) is 5.92 Å². The van der Waals surface area contributed by atoms with E-state index in [4.69, 9.17) is 14.0 Å². The van der Waals surface area contributed by atoms with Crippen LogP contribution in [0.25, 0.3) is 32.9 Å². The fourth-order valence-corrected chi connectivity index (χ4v) is 4.86. The lowest BCUT2D eigenvalue weighted by atomic mass is 10.0. The van der Waals surface area contributed by atoms with Crippen molar-refractivity contribution in [3.8, 4) is 16.9 Å². The highest BCUT2D eigenvalue weighted by Crippen LogP contribution is 2.39. The molecule has 1 aliphatic carbocycles. The minimum atomic E-state index is -0.316. The number of aromatic nitrogens is 2. The summed E-state index contributed by atoms with van der Waals surface area (Å²) >= 11 is 0. The van der Waals surface area contributed by atoms with Gasteiger partial charge in [0.1, 0.15) is 11.5 Å². The number of morpholine rings is 1. The Morgan fingerprint density at radius 2 is 1.88 bits per heavy atom. The van der Waals surface area contributed by atoms with Crippen LogP contribution in [0, 0.1) is 19.8 Å². The molecule has 1 saturated heterocycles. The second kappa shape index (κ2) is 7.92. The number of nitrogens with zero attached hydrogens (tertiary/aromatic N) is 3. The number of ether oxygens (including phenoxy) is 2. The van der Waals surface area contributed by atoms with E-state index < -0.39 is 0 Å². The Hall–Kier alpha value is -3.32. The number of amides is 1. The zero-order valence-corrected chi connectivity index (χ0v) is 19.0. The lowest BCUT2D eigenvalue weighted by Crippen LogP contribution is -2.42. The second-order valence-electron chi connectivity index (χ2n) is 9.13. The zero-order chi connectivity index (χ0) is 22.5. The maximum absolute atomic E-state index is 12.6. The van der Waals surface area contributed by atoms with E-state index in [0.29, 0.717) is 38.0 Å². The quantitative estimate of drug-likeness (QED) is 0.426. The normalized spacial score (nSPS) is 16.6. The van der Waals surface area contributed by atoms with Crippen LogP contribution in [0.5, 0.6) is 5.75 Å². The molecule has 1 amide bonds. The molecular weight excluding hydrogens is 418 g/mol. The molecule has 7 nitrogen and oxygen atoms in total. The van der Waals surface area contributed by atoms with Gasteiger partial charge in [0.25, 0.3) is 0 Å². The van der Waals surface area contributed by atoms with E-state index in [0.717, 1.165) is 40.0 Å². The van der Waals surface area contributed by atoms with Gasteiger partial charge in [-0.3, -0.25) is 0 Å². The van der Waals surface area contributed by atoms with Crippen molar-refractivity contribution in [1.29, 1.82) is 0 Å². The molecule has 2 aromatic carbocycles. The molecule has 170 valence electrons. The van der Waals surface area contributed by atoms with E-state index in [-0.39, 0.29) is 6.09 Å². The second-order valence-corrected chi connectivity index (χ2v) is 9.13. The molecule has 2 fully saturated rings. The topological polar surface area (TPSA) is 69.7 Å². The molecule has 3 heterocycles. The Morgan fingerprint density at radius 3 is 2.61 bits per heavy atom. The molecule has 6 rings (SSSR count). The highest BCUT2D eigenvalue weighted by Gasteiger charge is 2.25. The maximum atomic E-state index is 12.6. The zero-order valence-electron chi connectivity index (χ0n) is 19.0. The van der Waals surface area contributed by atoms with Gasteiger partial charge in [-0.25, -0.2) is 4.79 Å². The van der Waals surface area contributed by atoms with Crippen molar-refractivity contribution in [2.75, 3.05) is 26.3 Å². The molecule has 0 atom stereocenters. The van der Waals surface area contributed by atoms with Gasteiger partial charge in [-0.15, -0.1) is 0 Å². The predicted molar refractivity (Wildman–Crippen MR) is 126 cm³/mol. The molecule has 1 saturated carbocycles. The van der Waals surface area contributed by atoms with Gasteiger partial charge >= 0.3 is 6.09 Å². The van der Waals surface area contributed by atoms with E-state index in [2.05, 4.69) is 34.0 Å². The van der Waals surface area contributed by atoms with Crippen LogP contribution in [-0.2, 0) is 11.3 Å². The summed E-state index contributed by atoms with van der Waals surface area (Å²) < 4.78 is 18.9. The average Bonchev–Trinajstić information content (AvgIpc) is 3.53. The van der Waals surface area contributed by atoms with Crippen molar-refractivity contribution in [3.05, 3.63) is 47.9 Å². The molecule has 7 heteroatoms. The van der Waals surface area contributed by atoms with Gasteiger partial charge in [-0.05, 0) is 62.4 Å². The third-order valence-corrected chi connectivity index (χ3v) is 6.77. The Morgan fingerprint density at radius 1 is 1.06 bits per heavy atom. The van der Waals surface area contributed by atoms with E-state index in [1.807, 2.05) is 26.0 Å². The van der Waals surface area contributed by atoms with E-state index in [1.165, 1.54) is 23.7 Å². The first kappa shape index (κ1) is 20.3. The number of aryl methyl sites for hydroxylation is 2. The van der Waals surface area contributed by atoms with E-state index in [1.54, 1.807) is 4.90 Å². The van der Waals surface area contributed by atoms with Crippen molar-refractivity contribution < 1.29 is 18.8 Å². The van der Waals surface area contributed by atoms with Gasteiger partial charge in [0.15, 0.2) is 0 Å². The summed E-state index contributed by atoms with van der Waals surface area (Å²) in [5, 5.41) is 6.47. The first-order chi connectivity index (χ1) is 16.1. The number of carbonyl (C=O) groups is 1. The largest absolute Gasteiger partial charge is 0.415 e. The summed E-state index contributed by atoms with van der Waals surface area (Å²) in [4.78, 5) is 14.3. The molecular formula is C26H27N3O4. The lowest BCUT2D eigenvalue weighted by Gasteiger charge is -2.25. The van der Waals surface area contributed by atoms with E-state index in [9.17, 15) is 4.79 Å². The number of hydrogen-bond acceptors (Lipinski definition) is 5. The monoisotopic (exact) mass is 445 g/mol. The van der Waals surface area contributed by atoms with Crippen LogP contribution >= 0.6 is 0 Å². The third-order valence-electron chi connectivity index (χ3n) is 6.77. The fourth-order valence-electron chi connectivity index (χ4n) is 4.86. The van der Waals surface area contributed by atoms with Crippen molar-refractivity contribution >= 4 is 27.9 Å². The number of fused-ring (bicyclic) bond motifs is 3. The van der Waals surface area contributed by atoms with Gasteiger partial charge < -0.3 is 23.5 Å². The average molecular weight is 446 g/mol. The van der Waals surface area contributed by atoms with Gasteiger partial charge in [-0.2, -0.15) is 0 Å². The SMILES string of the molecule is Cc1noc(C)c1-c1ccc2c(c1)c1ccc(OC(=O)N3CCOCC3)cc1n2CC1CC1. The third kappa shape index (κ3) is 3.66. The fraction of sp³-hybridized carbons (Fsp3) is 0.385. The van der Waals surface area contributed by atoms with Crippen molar-refractivity contribution in [3.63, 3.8) is 0 Å². The van der Waals surface area contributed by atoms with Crippen LogP contribution in [-0.4, -0.2) is 47.0 Å². The molecule has 0 radical (unpaired) electrons. The van der Waals surface area contributed by atoms with Gasteiger partial charge in [0.05, 0.1) is 24.4 Å². The van der Waals surface area contributed by atoms with Crippen LogP contribution in [0.1, 0.15) is 24.3 Å². The van der Waals surface area contributed by atoms with Crippen molar-refractivity contribution in [1.82, 2.24) is 14.6 Å². The highest BCUT2D eigenvalue weighted by molar-refractivity contribution is 6.09. The lowest BCUT2D eigenvalue weighted by molar-refractivity contribution is 0.0416. The summed E-state index contributed by atoms with van der Waals surface area (Å²) in [6, 6.07) is 12.5. The Kier molecular flexibility index (Phi) is 4.87. The molecule has 0 spiro atoms. The number of carbonyl (C=O) groups excluding carboxylic acids is 1.